The molecular weight excluding hydrogens is 382 g/mol. The number of hydrogen-bond donors (Lipinski definition) is 2. The van der Waals surface area contributed by atoms with Crippen LogP contribution >= 0.6 is 0 Å². The Bertz CT molecular complexity index is 906. The molecule has 4 heteroatoms. The molecule has 166 valence electrons. The van der Waals surface area contributed by atoms with Gasteiger partial charge >= 0.3 is 6.03 Å². The lowest BCUT2D eigenvalue weighted by atomic mass is 9.45. The number of benzene rings is 1. The third kappa shape index (κ3) is 3.43. The Morgan fingerprint density at radius 3 is 2.65 bits per heavy atom. The minimum absolute atomic E-state index is 0.0160. The number of nitrogens with one attached hydrogen (secondary N) is 1. The van der Waals surface area contributed by atoms with E-state index in [4.69, 9.17) is 5.73 Å². The predicted molar refractivity (Wildman–Crippen MR) is 126 cm³/mol. The van der Waals surface area contributed by atoms with Crippen LogP contribution < -0.4 is 11.2 Å². The van der Waals surface area contributed by atoms with Crippen LogP contribution in [0.25, 0.3) is 6.08 Å². The Labute approximate surface area is 186 Å². The molecule has 5 rings (SSSR count). The van der Waals surface area contributed by atoms with Gasteiger partial charge in [-0.15, -0.1) is 0 Å². The van der Waals surface area contributed by atoms with E-state index in [1.807, 2.05) is 0 Å². The van der Waals surface area contributed by atoms with Gasteiger partial charge in [0.05, 0.1) is 5.71 Å². The first-order valence-electron chi connectivity index (χ1n) is 12.3. The molecule has 4 fully saturated rings. The zero-order valence-corrected chi connectivity index (χ0v) is 19.1. The van der Waals surface area contributed by atoms with Crippen LogP contribution in [0, 0.1) is 34.5 Å². The molecule has 0 aromatic heterocycles. The maximum atomic E-state index is 11.5. The molecule has 0 radical (unpaired) electrons. The minimum Gasteiger partial charge on any atom is -0.350 e. The molecule has 31 heavy (non-hydrogen) atoms. The summed E-state index contributed by atoms with van der Waals surface area (Å²) in [4.78, 5) is 11.5. The number of nitrogens with two attached hydrogens (primary N) is 1. The lowest BCUT2D eigenvalue weighted by Crippen LogP contribution is -2.52. The van der Waals surface area contributed by atoms with Crippen molar-refractivity contribution in [1.82, 2.24) is 5.43 Å². The Morgan fingerprint density at radius 2 is 1.87 bits per heavy atom. The summed E-state index contributed by atoms with van der Waals surface area (Å²) in [5.74, 6) is 3.14. The summed E-state index contributed by atoms with van der Waals surface area (Å²) in [5, 5.41) is 4.62. The molecule has 4 aliphatic carbocycles. The first kappa shape index (κ1) is 20.8. The molecule has 0 spiro atoms. The predicted octanol–water partition coefficient (Wildman–Crippen LogP) is 6.14. The number of hydrogen-bond acceptors (Lipinski definition) is 2. The Hall–Kier alpha value is -2.10. The van der Waals surface area contributed by atoms with Gasteiger partial charge in [-0.2, -0.15) is 5.10 Å². The number of hydrazone groups is 1. The Morgan fingerprint density at radius 1 is 1.06 bits per heavy atom. The summed E-state index contributed by atoms with van der Waals surface area (Å²) in [6, 6.07) is 9.92. The second kappa shape index (κ2) is 7.79. The standard InChI is InChI=1S/C27H37N3O/c1-26-14-7-6-10-20(26)11-12-21-22(26)13-15-27(2)23(21)17-19(24(27)29-30-25(28)31)16-18-8-4-3-5-9-18/h3-5,8-9,16,20-23H,6-7,10-15,17H2,1-2H3,(H3,28,30,31)/b19-16+,29-24+/t20-,21+,22-,23-,26-,27+/m1/s1. The number of rotatable bonds is 2. The third-order valence-electron chi connectivity index (χ3n) is 9.68. The molecule has 0 saturated heterocycles. The van der Waals surface area contributed by atoms with E-state index >= 15 is 0 Å². The molecule has 4 nitrogen and oxygen atoms in total. The molecular formula is C27H37N3O. The molecule has 1 aromatic rings. The number of primary amides is 1. The maximum absolute atomic E-state index is 11.5. The average molecular weight is 420 g/mol. The van der Waals surface area contributed by atoms with Gasteiger partial charge in [-0.1, -0.05) is 57.0 Å². The zero-order chi connectivity index (χ0) is 21.6. The lowest BCUT2D eigenvalue weighted by molar-refractivity contribution is -0.0931. The van der Waals surface area contributed by atoms with Gasteiger partial charge in [-0.25, -0.2) is 10.2 Å². The van der Waals surface area contributed by atoms with Crippen LogP contribution in [0.1, 0.15) is 77.2 Å². The number of allylic oxidation sites excluding steroid dienone is 1. The van der Waals surface area contributed by atoms with Crippen molar-refractivity contribution < 1.29 is 4.79 Å². The zero-order valence-electron chi connectivity index (χ0n) is 19.1. The van der Waals surface area contributed by atoms with E-state index in [2.05, 4.69) is 60.8 Å². The van der Waals surface area contributed by atoms with E-state index < -0.39 is 6.03 Å². The van der Waals surface area contributed by atoms with Crippen molar-refractivity contribution in [3.63, 3.8) is 0 Å². The number of urea groups is 1. The molecule has 0 heterocycles. The fraction of sp³-hybridized carbons (Fsp3) is 0.630. The molecule has 6 atom stereocenters. The lowest BCUT2D eigenvalue weighted by Gasteiger charge is -2.59. The van der Waals surface area contributed by atoms with Crippen molar-refractivity contribution in [3.8, 4) is 0 Å². The fourth-order valence-corrected chi connectivity index (χ4v) is 8.17. The summed E-state index contributed by atoms with van der Waals surface area (Å²) in [7, 11) is 0. The summed E-state index contributed by atoms with van der Waals surface area (Å²) in [5.41, 5.74) is 12.1. The van der Waals surface area contributed by atoms with Gasteiger partial charge in [-0.3, -0.25) is 0 Å². The van der Waals surface area contributed by atoms with Crippen LogP contribution in [-0.2, 0) is 0 Å². The first-order valence-corrected chi connectivity index (χ1v) is 12.3. The minimum atomic E-state index is -0.581. The highest BCUT2D eigenvalue weighted by Crippen LogP contribution is 2.66. The summed E-state index contributed by atoms with van der Waals surface area (Å²) >= 11 is 0. The topological polar surface area (TPSA) is 67.5 Å². The average Bonchev–Trinajstić information content (AvgIpc) is 3.03. The molecule has 0 bridgehead atoms. The van der Waals surface area contributed by atoms with Crippen LogP contribution in [0.4, 0.5) is 4.79 Å². The van der Waals surface area contributed by atoms with E-state index in [1.165, 1.54) is 56.1 Å². The van der Waals surface area contributed by atoms with Crippen molar-refractivity contribution >= 4 is 17.8 Å². The van der Waals surface area contributed by atoms with Gasteiger partial charge in [0.2, 0.25) is 0 Å². The van der Waals surface area contributed by atoms with E-state index in [0.29, 0.717) is 11.3 Å². The molecule has 1 aromatic carbocycles. The monoisotopic (exact) mass is 419 g/mol. The molecule has 4 aliphatic rings. The fourth-order valence-electron chi connectivity index (χ4n) is 8.17. The summed E-state index contributed by atoms with van der Waals surface area (Å²) < 4.78 is 0. The normalized spacial score (nSPS) is 42.0. The van der Waals surface area contributed by atoms with Crippen molar-refractivity contribution in [3.05, 3.63) is 41.5 Å². The molecule has 0 unspecified atom stereocenters. The second-order valence-electron chi connectivity index (χ2n) is 11.1. The largest absolute Gasteiger partial charge is 0.350 e. The summed E-state index contributed by atoms with van der Waals surface area (Å²) in [6.07, 6.45) is 14.3. The van der Waals surface area contributed by atoms with Crippen molar-refractivity contribution in [1.29, 1.82) is 0 Å². The number of carbonyl (C=O) groups is 1. The van der Waals surface area contributed by atoms with Gasteiger partial charge < -0.3 is 5.73 Å². The van der Waals surface area contributed by atoms with Crippen molar-refractivity contribution in [2.24, 2.45) is 45.3 Å². The van der Waals surface area contributed by atoms with E-state index in [-0.39, 0.29) is 5.41 Å². The van der Waals surface area contributed by atoms with Gasteiger partial charge in [0.25, 0.3) is 0 Å². The molecule has 3 N–H and O–H groups in total. The quantitative estimate of drug-likeness (QED) is 0.556. The SMILES string of the molecule is C[C@@]12CCCC[C@@H]1CC[C@H]1[C@H]2CC[C@]2(C)C(=N/NC(N)=O)/C(=C/c3ccccc3)C[C@H]12. The van der Waals surface area contributed by atoms with E-state index in [9.17, 15) is 4.79 Å². The highest BCUT2D eigenvalue weighted by molar-refractivity contribution is 6.10. The van der Waals surface area contributed by atoms with Gasteiger partial charge in [0.15, 0.2) is 0 Å². The highest BCUT2D eigenvalue weighted by atomic mass is 16.2. The van der Waals surface area contributed by atoms with Gasteiger partial charge in [0, 0.05) is 5.41 Å². The molecule has 0 aliphatic heterocycles. The Balaban J connectivity index is 1.52. The number of fused-ring (bicyclic) bond motifs is 5. The van der Waals surface area contributed by atoms with Crippen LogP contribution in [0.15, 0.2) is 41.0 Å². The van der Waals surface area contributed by atoms with Crippen LogP contribution in [-0.4, -0.2) is 11.7 Å². The number of nitrogens with zero attached hydrogens (tertiary/aromatic N) is 1. The number of amides is 2. The van der Waals surface area contributed by atoms with Crippen molar-refractivity contribution in [2.45, 2.75) is 71.6 Å². The molecule has 4 saturated carbocycles. The van der Waals surface area contributed by atoms with Crippen LogP contribution in [0.2, 0.25) is 0 Å². The third-order valence-corrected chi connectivity index (χ3v) is 9.68. The van der Waals surface area contributed by atoms with E-state index in [0.717, 1.165) is 36.3 Å². The maximum Gasteiger partial charge on any atom is 0.332 e. The van der Waals surface area contributed by atoms with Gasteiger partial charge in [-0.05, 0) is 91.2 Å². The van der Waals surface area contributed by atoms with E-state index in [1.54, 1.807) is 0 Å². The van der Waals surface area contributed by atoms with Gasteiger partial charge in [0.1, 0.15) is 0 Å². The van der Waals surface area contributed by atoms with Crippen LogP contribution in [0.3, 0.4) is 0 Å². The Kier molecular flexibility index (Phi) is 5.22. The first-order chi connectivity index (χ1) is 14.9. The molecule has 2 amide bonds. The summed E-state index contributed by atoms with van der Waals surface area (Å²) in [6.45, 7) is 5.02. The smallest absolute Gasteiger partial charge is 0.332 e. The van der Waals surface area contributed by atoms with Crippen molar-refractivity contribution in [2.75, 3.05) is 0 Å². The second-order valence-corrected chi connectivity index (χ2v) is 11.1. The van der Waals surface area contributed by atoms with Crippen LogP contribution in [0.5, 0.6) is 0 Å². The highest BCUT2D eigenvalue weighted by Gasteiger charge is 2.60. The number of carbonyl (C=O) groups excluding carboxylic acids is 1.